The fourth-order valence-electron chi connectivity index (χ4n) is 2.62. The summed E-state index contributed by atoms with van der Waals surface area (Å²) in [6.45, 7) is -0.335. The van der Waals surface area contributed by atoms with Crippen LogP contribution < -0.4 is 19.6 Å². The molecular formula is C23H18ClN3O7. The molecule has 0 unspecified atom stereocenters. The zero-order chi connectivity index (χ0) is 24.5. The van der Waals surface area contributed by atoms with Gasteiger partial charge in [-0.2, -0.15) is 5.10 Å². The van der Waals surface area contributed by atoms with Gasteiger partial charge in [0.05, 0.1) is 23.8 Å². The predicted octanol–water partition coefficient (Wildman–Crippen LogP) is 4.01. The van der Waals surface area contributed by atoms with Crippen LogP contribution in [-0.2, 0) is 4.79 Å². The Balaban J connectivity index is 1.54. The third kappa shape index (κ3) is 6.78. The second-order valence-corrected chi connectivity index (χ2v) is 7.08. The lowest BCUT2D eigenvalue weighted by Gasteiger charge is -2.10. The number of carbonyl (C=O) groups is 2. The number of nitrogens with one attached hydrogen (secondary N) is 1. The van der Waals surface area contributed by atoms with E-state index in [1.165, 1.54) is 43.7 Å². The molecule has 0 aliphatic heterocycles. The SMILES string of the molecule is COc1cc(/C=N/NC(=O)COc2ccc([N+](=O)[O-])cc2)ccc1OC(=O)c1ccc(Cl)cc1. The average Bonchev–Trinajstić information content (AvgIpc) is 2.84. The third-order valence-electron chi connectivity index (χ3n) is 4.29. The first-order valence-corrected chi connectivity index (χ1v) is 10.1. The van der Waals surface area contributed by atoms with Gasteiger partial charge in [0.15, 0.2) is 18.1 Å². The van der Waals surface area contributed by atoms with Crippen LogP contribution in [0.3, 0.4) is 0 Å². The van der Waals surface area contributed by atoms with E-state index in [1.807, 2.05) is 0 Å². The number of nitro benzene ring substituents is 1. The second kappa shape index (κ2) is 11.4. The molecular weight excluding hydrogens is 466 g/mol. The first-order chi connectivity index (χ1) is 16.4. The molecule has 0 saturated carbocycles. The van der Waals surface area contributed by atoms with Gasteiger partial charge in [-0.05, 0) is 60.2 Å². The average molecular weight is 484 g/mol. The number of esters is 1. The Morgan fingerprint density at radius 3 is 2.41 bits per heavy atom. The first kappa shape index (κ1) is 24.2. The topological polar surface area (TPSA) is 129 Å². The van der Waals surface area contributed by atoms with Gasteiger partial charge in [-0.25, -0.2) is 10.2 Å². The van der Waals surface area contributed by atoms with E-state index >= 15 is 0 Å². The Morgan fingerprint density at radius 1 is 1.06 bits per heavy atom. The van der Waals surface area contributed by atoms with E-state index in [-0.39, 0.29) is 18.0 Å². The number of hydrogen-bond donors (Lipinski definition) is 1. The summed E-state index contributed by atoms with van der Waals surface area (Å²) in [4.78, 5) is 34.3. The number of rotatable bonds is 9. The van der Waals surface area contributed by atoms with Crippen LogP contribution in [0.2, 0.25) is 5.02 Å². The van der Waals surface area contributed by atoms with Crippen LogP contribution in [0.5, 0.6) is 17.2 Å². The molecule has 174 valence electrons. The summed E-state index contributed by atoms with van der Waals surface area (Å²) < 4.78 is 15.9. The first-order valence-electron chi connectivity index (χ1n) is 9.70. The van der Waals surface area contributed by atoms with Crippen molar-refractivity contribution in [2.45, 2.75) is 0 Å². The quantitative estimate of drug-likeness (QED) is 0.160. The van der Waals surface area contributed by atoms with Crippen molar-refractivity contribution in [1.82, 2.24) is 5.43 Å². The van der Waals surface area contributed by atoms with Crippen LogP contribution in [-0.4, -0.2) is 36.7 Å². The molecule has 34 heavy (non-hydrogen) atoms. The smallest absolute Gasteiger partial charge is 0.343 e. The maximum Gasteiger partial charge on any atom is 0.343 e. The maximum absolute atomic E-state index is 12.3. The molecule has 0 aliphatic carbocycles. The molecule has 1 amide bonds. The van der Waals surface area contributed by atoms with Crippen LogP contribution in [0.4, 0.5) is 5.69 Å². The van der Waals surface area contributed by atoms with Gasteiger partial charge in [0.25, 0.3) is 11.6 Å². The molecule has 0 radical (unpaired) electrons. The van der Waals surface area contributed by atoms with E-state index in [0.29, 0.717) is 27.6 Å². The summed E-state index contributed by atoms with van der Waals surface area (Å²) in [7, 11) is 1.42. The molecule has 3 rings (SSSR count). The van der Waals surface area contributed by atoms with Crippen LogP contribution >= 0.6 is 11.6 Å². The maximum atomic E-state index is 12.3. The van der Waals surface area contributed by atoms with Crippen molar-refractivity contribution in [2.75, 3.05) is 13.7 Å². The molecule has 0 atom stereocenters. The highest BCUT2D eigenvalue weighted by atomic mass is 35.5. The van der Waals surface area contributed by atoms with E-state index in [1.54, 1.807) is 36.4 Å². The predicted molar refractivity (Wildman–Crippen MR) is 124 cm³/mol. The molecule has 0 aromatic heterocycles. The second-order valence-electron chi connectivity index (χ2n) is 6.64. The van der Waals surface area contributed by atoms with E-state index in [9.17, 15) is 19.7 Å². The Kier molecular flexibility index (Phi) is 8.14. The molecule has 0 aliphatic rings. The number of hydrogen-bond acceptors (Lipinski definition) is 8. The van der Waals surface area contributed by atoms with Crippen molar-refractivity contribution in [2.24, 2.45) is 5.10 Å². The molecule has 0 spiro atoms. The number of methoxy groups -OCH3 is 1. The lowest BCUT2D eigenvalue weighted by Crippen LogP contribution is -2.24. The molecule has 0 heterocycles. The minimum Gasteiger partial charge on any atom is -0.493 e. The normalized spacial score (nSPS) is 10.5. The summed E-state index contributed by atoms with van der Waals surface area (Å²) in [5, 5.41) is 15.0. The van der Waals surface area contributed by atoms with E-state index in [0.717, 1.165) is 0 Å². The molecule has 0 saturated heterocycles. The summed E-state index contributed by atoms with van der Waals surface area (Å²) in [5.74, 6) is -0.302. The largest absolute Gasteiger partial charge is 0.493 e. The number of carbonyl (C=O) groups excluding carboxylic acids is 2. The lowest BCUT2D eigenvalue weighted by molar-refractivity contribution is -0.384. The highest BCUT2D eigenvalue weighted by Crippen LogP contribution is 2.28. The van der Waals surface area contributed by atoms with Crippen LogP contribution in [0.1, 0.15) is 15.9 Å². The molecule has 3 aromatic carbocycles. The molecule has 1 N–H and O–H groups in total. The van der Waals surface area contributed by atoms with Crippen molar-refractivity contribution in [1.29, 1.82) is 0 Å². The molecule has 0 bridgehead atoms. The zero-order valence-electron chi connectivity index (χ0n) is 17.8. The van der Waals surface area contributed by atoms with Gasteiger partial charge < -0.3 is 14.2 Å². The summed E-state index contributed by atoms with van der Waals surface area (Å²) in [5.41, 5.74) is 3.12. The number of halogens is 1. The highest BCUT2D eigenvalue weighted by molar-refractivity contribution is 6.30. The number of benzene rings is 3. The monoisotopic (exact) mass is 483 g/mol. The number of ether oxygens (including phenoxy) is 3. The minimum absolute atomic E-state index is 0.0809. The van der Waals surface area contributed by atoms with E-state index < -0.39 is 16.8 Å². The van der Waals surface area contributed by atoms with Gasteiger partial charge in [0.2, 0.25) is 0 Å². The highest BCUT2D eigenvalue weighted by Gasteiger charge is 2.13. The van der Waals surface area contributed by atoms with Gasteiger partial charge in [-0.1, -0.05) is 11.6 Å². The van der Waals surface area contributed by atoms with Crippen molar-refractivity contribution >= 4 is 35.4 Å². The van der Waals surface area contributed by atoms with Crippen molar-refractivity contribution in [3.63, 3.8) is 0 Å². The van der Waals surface area contributed by atoms with Gasteiger partial charge in [-0.3, -0.25) is 14.9 Å². The fraction of sp³-hybridized carbons (Fsp3) is 0.0870. The van der Waals surface area contributed by atoms with E-state index in [2.05, 4.69) is 10.5 Å². The third-order valence-corrected chi connectivity index (χ3v) is 4.54. The molecule has 3 aromatic rings. The van der Waals surface area contributed by atoms with Crippen LogP contribution in [0.25, 0.3) is 0 Å². The van der Waals surface area contributed by atoms with Gasteiger partial charge in [0.1, 0.15) is 5.75 Å². The fourth-order valence-corrected chi connectivity index (χ4v) is 2.74. The molecule has 0 fully saturated rings. The number of amides is 1. The van der Waals surface area contributed by atoms with Gasteiger partial charge in [-0.15, -0.1) is 0 Å². The minimum atomic E-state index is -0.573. The molecule has 11 heteroatoms. The standard InChI is InChI=1S/C23H18ClN3O7/c1-32-21-12-15(2-11-20(21)34-23(29)16-3-5-17(24)6-4-16)13-25-26-22(28)14-33-19-9-7-18(8-10-19)27(30)31/h2-13H,14H2,1H3,(H,26,28)/b25-13+. The van der Waals surface area contributed by atoms with Crippen molar-refractivity contribution in [3.8, 4) is 17.2 Å². The Hall–Kier alpha value is -4.44. The Bertz CT molecular complexity index is 1210. The van der Waals surface area contributed by atoms with E-state index in [4.69, 9.17) is 25.8 Å². The zero-order valence-corrected chi connectivity index (χ0v) is 18.5. The Morgan fingerprint density at radius 2 is 1.76 bits per heavy atom. The van der Waals surface area contributed by atoms with Crippen LogP contribution in [0.15, 0.2) is 71.8 Å². The summed E-state index contributed by atoms with van der Waals surface area (Å²) in [6.07, 6.45) is 1.37. The van der Waals surface area contributed by atoms with Crippen molar-refractivity contribution < 1.29 is 28.7 Å². The van der Waals surface area contributed by atoms with Gasteiger partial charge in [0, 0.05) is 17.2 Å². The van der Waals surface area contributed by atoms with Crippen LogP contribution in [0, 0.1) is 10.1 Å². The number of non-ortho nitro benzene ring substituents is 1. The lowest BCUT2D eigenvalue weighted by atomic mass is 10.2. The number of nitro groups is 1. The Labute approximate surface area is 198 Å². The van der Waals surface area contributed by atoms with Gasteiger partial charge >= 0.3 is 5.97 Å². The number of hydrazone groups is 1. The molecule has 10 nitrogen and oxygen atoms in total. The summed E-state index contributed by atoms with van der Waals surface area (Å²) >= 11 is 5.82. The van der Waals surface area contributed by atoms with Crippen molar-refractivity contribution in [3.05, 3.63) is 93.0 Å². The summed E-state index contributed by atoms with van der Waals surface area (Å²) in [6, 6.07) is 16.3. The number of nitrogens with zero attached hydrogens (tertiary/aromatic N) is 2.